The van der Waals surface area contributed by atoms with Crippen molar-refractivity contribution in [2.75, 3.05) is 0 Å². The van der Waals surface area contributed by atoms with Crippen LogP contribution in [0, 0.1) is 12.8 Å². The molecule has 1 aromatic rings. The molecule has 0 saturated carbocycles. The average Bonchev–Trinajstić information content (AvgIpc) is 2.19. The van der Waals surface area contributed by atoms with Gasteiger partial charge in [0.1, 0.15) is 0 Å². The summed E-state index contributed by atoms with van der Waals surface area (Å²) in [6, 6.07) is 5.66. The van der Waals surface area contributed by atoms with Gasteiger partial charge >= 0.3 is 5.97 Å². The summed E-state index contributed by atoms with van der Waals surface area (Å²) in [6.07, 6.45) is 1.22. The van der Waals surface area contributed by atoms with Gasteiger partial charge in [-0.2, -0.15) is 0 Å². The second-order valence-electron chi connectivity index (χ2n) is 3.73. The molecule has 0 aliphatic carbocycles. The van der Waals surface area contributed by atoms with Crippen molar-refractivity contribution in [3.63, 3.8) is 0 Å². The molecule has 0 fully saturated rings. The first-order chi connectivity index (χ1) is 7.04. The summed E-state index contributed by atoms with van der Waals surface area (Å²) in [4.78, 5) is 10.9. The number of rotatable bonds is 4. The lowest BCUT2D eigenvalue weighted by atomic mass is 9.96. The molecule has 1 aromatic carbocycles. The number of carboxylic acid groups (broad SMARTS) is 1. The Bertz CT molecular complexity index is 361. The number of hydrogen-bond donors (Lipinski definition) is 1. The standard InChI is InChI=1S/C12H15ClO2/c1-3-10(12(14)15)7-9-4-5-11(13)8(2)6-9/h4-6,10H,3,7H2,1-2H3,(H,14,15). The van der Waals surface area contributed by atoms with E-state index in [1.807, 2.05) is 32.0 Å². The Morgan fingerprint density at radius 1 is 1.53 bits per heavy atom. The van der Waals surface area contributed by atoms with Crippen LogP contribution in [0.3, 0.4) is 0 Å². The molecule has 1 N–H and O–H groups in total. The Hall–Kier alpha value is -1.02. The highest BCUT2D eigenvalue weighted by molar-refractivity contribution is 6.31. The summed E-state index contributed by atoms with van der Waals surface area (Å²) in [5.74, 6) is -1.03. The predicted octanol–water partition coefficient (Wildman–Crippen LogP) is 3.30. The highest BCUT2D eigenvalue weighted by Gasteiger charge is 2.15. The van der Waals surface area contributed by atoms with Crippen molar-refractivity contribution < 1.29 is 9.90 Å². The highest BCUT2D eigenvalue weighted by Crippen LogP contribution is 2.19. The fourth-order valence-electron chi connectivity index (χ4n) is 1.52. The Balaban J connectivity index is 2.80. The van der Waals surface area contributed by atoms with Crippen molar-refractivity contribution in [1.82, 2.24) is 0 Å². The topological polar surface area (TPSA) is 37.3 Å². The lowest BCUT2D eigenvalue weighted by Gasteiger charge is -2.10. The van der Waals surface area contributed by atoms with Gasteiger partial charge in [0, 0.05) is 5.02 Å². The molecule has 0 bridgehead atoms. The smallest absolute Gasteiger partial charge is 0.306 e. The number of hydrogen-bond acceptors (Lipinski definition) is 1. The number of benzene rings is 1. The molecule has 0 heterocycles. The number of aliphatic carboxylic acids is 1. The predicted molar refractivity (Wildman–Crippen MR) is 61.3 cm³/mol. The summed E-state index contributed by atoms with van der Waals surface area (Å²) in [5, 5.41) is 9.66. The molecule has 0 aliphatic heterocycles. The molecule has 15 heavy (non-hydrogen) atoms. The summed E-state index contributed by atoms with van der Waals surface area (Å²) in [6.45, 7) is 3.81. The number of halogens is 1. The van der Waals surface area contributed by atoms with Crippen molar-refractivity contribution in [1.29, 1.82) is 0 Å². The van der Waals surface area contributed by atoms with Crippen LogP contribution in [0.1, 0.15) is 24.5 Å². The van der Waals surface area contributed by atoms with Gasteiger partial charge in [0.05, 0.1) is 5.92 Å². The molecule has 0 aromatic heterocycles. The van der Waals surface area contributed by atoms with E-state index in [9.17, 15) is 4.79 Å². The molecule has 0 aliphatic rings. The maximum Gasteiger partial charge on any atom is 0.306 e. The van der Waals surface area contributed by atoms with Gasteiger partial charge in [-0.3, -0.25) is 4.79 Å². The molecular weight excluding hydrogens is 212 g/mol. The van der Waals surface area contributed by atoms with Crippen LogP contribution >= 0.6 is 11.6 Å². The first kappa shape index (κ1) is 12.1. The highest BCUT2D eigenvalue weighted by atomic mass is 35.5. The van der Waals surface area contributed by atoms with Gasteiger partial charge in [-0.15, -0.1) is 0 Å². The van der Waals surface area contributed by atoms with Crippen LogP contribution < -0.4 is 0 Å². The summed E-state index contributed by atoms with van der Waals surface area (Å²) < 4.78 is 0. The second-order valence-corrected chi connectivity index (χ2v) is 4.14. The van der Waals surface area contributed by atoms with E-state index in [0.717, 1.165) is 16.1 Å². The number of aryl methyl sites for hydroxylation is 1. The minimum Gasteiger partial charge on any atom is -0.481 e. The first-order valence-electron chi connectivity index (χ1n) is 5.02. The zero-order valence-electron chi connectivity index (χ0n) is 8.96. The van der Waals surface area contributed by atoms with Gasteiger partial charge in [-0.05, 0) is 37.0 Å². The average molecular weight is 227 g/mol. The third kappa shape index (κ3) is 3.24. The van der Waals surface area contributed by atoms with Gasteiger partial charge < -0.3 is 5.11 Å². The van der Waals surface area contributed by atoms with E-state index in [-0.39, 0.29) is 5.92 Å². The SMILES string of the molecule is CCC(Cc1ccc(Cl)c(C)c1)C(=O)O. The Morgan fingerprint density at radius 3 is 2.67 bits per heavy atom. The number of carboxylic acids is 1. The molecule has 0 saturated heterocycles. The maximum atomic E-state index is 10.9. The van der Waals surface area contributed by atoms with Crippen molar-refractivity contribution in [3.05, 3.63) is 34.3 Å². The zero-order valence-corrected chi connectivity index (χ0v) is 9.71. The van der Waals surface area contributed by atoms with E-state index in [1.54, 1.807) is 0 Å². The number of carbonyl (C=O) groups is 1. The largest absolute Gasteiger partial charge is 0.481 e. The molecule has 2 nitrogen and oxygen atoms in total. The minimum absolute atomic E-state index is 0.300. The van der Waals surface area contributed by atoms with Crippen molar-refractivity contribution in [2.45, 2.75) is 26.7 Å². The van der Waals surface area contributed by atoms with Gasteiger partial charge in [0.2, 0.25) is 0 Å². The summed E-state index contributed by atoms with van der Waals surface area (Å²) in [7, 11) is 0. The lowest BCUT2D eigenvalue weighted by Crippen LogP contribution is -2.15. The van der Waals surface area contributed by atoms with Crippen LogP contribution in [0.15, 0.2) is 18.2 Å². The van der Waals surface area contributed by atoms with Crippen LogP contribution in [0.25, 0.3) is 0 Å². The first-order valence-corrected chi connectivity index (χ1v) is 5.40. The van der Waals surface area contributed by atoms with Crippen molar-refractivity contribution in [2.24, 2.45) is 5.92 Å². The normalized spacial score (nSPS) is 12.5. The Labute approximate surface area is 94.9 Å². The van der Waals surface area contributed by atoms with Crippen LogP contribution in [0.5, 0.6) is 0 Å². The van der Waals surface area contributed by atoms with Gasteiger partial charge in [0.25, 0.3) is 0 Å². The van der Waals surface area contributed by atoms with E-state index in [1.165, 1.54) is 0 Å². The Kier molecular flexibility index (Phi) is 4.15. The minimum atomic E-state index is -0.731. The summed E-state index contributed by atoms with van der Waals surface area (Å²) >= 11 is 5.90. The third-order valence-electron chi connectivity index (χ3n) is 2.55. The summed E-state index contributed by atoms with van der Waals surface area (Å²) in [5.41, 5.74) is 2.03. The van der Waals surface area contributed by atoms with Crippen molar-refractivity contribution in [3.8, 4) is 0 Å². The van der Waals surface area contributed by atoms with E-state index >= 15 is 0 Å². The van der Waals surface area contributed by atoms with Crippen LogP contribution in [-0.4, -0.2) is 11.1 Å². The van der Waals surface area contributed by atoms with Gasteiger partial charge in [-0.25, -0.2) is 0 Å². The Morgan fingerprint density at radius 2 is 2.20 bits per heavy atom. The van der Waals surface area contributed by atoms with Crippen LogP contribution in [0.2, 0.25) is 5.02 Å². The molecule has 82 valence electrons. The molecular formula is C12H15ClO2. The van der Waals surface area contributed by atoms with E-state index < -0.39 is 5.97 Å². The molecule has 0 amide bonds. The lowest BCUT2D eigenvalue weighted by molar-refractivity contribution is -0.141. The quantitative estimate of drug-likeness (QED) is 0.856. The maximum absolute atomic E-state index is 10.9. The van der Waals surface area contributed by atoms with E-state index in [4.69, 9.17) is 16.7 Å². The molecule has 0 radical (unpaired) electrons. The molecule has 3 heteroatoms. The van der Waals surface area contributed by atoms with Crippen molar-refractivity contribution >= 4 is 17.6 Å². The van der Waals surface area contributed by atoms with E-state index in [0.29, 0.717) is 12.8 Å². The molecule has 1 unspecified atom stereocenters. The fourth-order valence-corrected chi connectivity index (χ4v) is 1.64. The van der Waals surface area contributed by atoms with Gasteiger partial charge in [-0.1, -0.05) is 30.7 Å². The molecule has 0 spiro atoms. The zero-order chi connectivity index (χ0) is 11.4. The monoisotopic (exact) mass is 226 g/mol. The fraction of sp³-hybridized carbons (Fsp3) is 0.417. The molecule has 1 atom stereocenters. The van der Waals surface area contributed by atoms with Crippen LogP contribution in [-0.2, 0) is 11.2 Å². The van der Waals surface area contributed by atoms with Crippen LogP contribution in [0.4, 0.5) is 0 Å². The molecule has 1 rings (SSSR count). The van der Waals surface area contributed by atoms with Gasteiger partial charge in [0.15, 0.2) is 0 Å². The van der Waals surface area contributed by atoms with E-state index in [2.05, 4.69) is 0 Å². The second kappa shape index (κ2) is 5.17. The third-order valence-corrected chi connectivity index (χ3v) is 2.97.